The minimum Gasteiger partial charge on any atom is -0.497 e. The van der Waals surface area contributed by atoms with Crippen molar-refractivity contribution in [2.45, 2.75) is 18.9 Å². The summed E-state index contributed by atoms with van der Waals surface area (Å²) in [6, 6.07) is 19.4. The molecule has 0 fully saturated rings. The van der Waals surface area contributed by atoms with Crippen LogP contribution in [0.2, 0.25) is 0 Å². The number of hydrazine groups is 1. The zero-order valence-corrected chi connectivity index (χ0v) is 15.3. The molecule has 3 nitrogen and oxygen atoms in total. The van der Waals surface area contributed by atoms with Crippen LogP contribution in [0.4, 0.5) is 0 Å². The lowest BCUT2D eigenvalue weighted by atomic mass is 9.77. The molecule has 0 bridgehead atoms. The van der Waals surface area contributed by atoms with Crippen LogP contribution in [0.15, 0.2) is 84.8 Å². The Labute approximate surface area is 155 Å². The molecule has 3 heteroatoms. The Morgan fingerprint density at radius 1 is 1.04 bits per heavy atom. The summed E-state index contributed by atoms with van der Waals surface area (Å²) in [5, 5.41) is 2.28. The van der Waals surface area contributed by atoms with Gasteiger partial charge in [-0.05, 0) is 35.8 Å². The number of allylic oxidation sites excluding steroid dienone is 1. The molecule has 1 aliphatic heterocycles. The lowest BCUT2D eigenvalue weighted by molar-refractivity contribution is 0.113. The highest BCUT2D eigenvalue weighted by Crippen LogP contribution is 2.43. The molecule has 1 atom stereocenters. The van der Waals surface area contributed by atoms with Crippen molar-refractivity contribution in [2.24, 2.45) is 0 Å². The average Bonchev–Trinajstić information content (AvgIpc) is 3.24. The second-order valence-corrected chi connectivity index (χ2v) is 6.90. The second-order valence-electron chi connectivity index (χ2n) is 6.90. The molecule has 1 aliphatic carbocycles. The molecule has 0 saturated carbocycles. The van der Waals surface area contributed by atoms with Gasteiger partial charge < -0.3 is 10.2 Å². The van der Waals surface area contributed by atoms with E-state index in [-0.39, 0.29) is 5.54 Å². The van der Waals surface area contributed by atoms with Gasteiger partial charge in [0.1, 0.15) is 5.76 Å². The number of nitrogens with zero attached hydrogens (tertiary/aromatic N) is 1. The van der Waals surface area contributed by atoms with Gasteiger partial charge in [0.2, 0.25) is 0 Å². The predicted molar refractivity (Wildman–Crippen MR) is 106 cm³/mol. The normalized spacial score (nSPS) is 22.5. The Kier molecular flexibility index (Phi) is 4.39. The Balaban J connectivity index is 1.82. The lowest BCUT2D eigenvalue weighted by Gasteiger charge is -2.42. The third-order valence-corrected chi connectivity index (χ3v) is 5.21. The molecule has 1 heterocycles. The maximum atomic E-state index is 5.71. The van der Waals surface area contributed by atoms with Crippen LogP contribution in [0.5, 0.6) is 0 Å². The first-order valence-electron chi connectivity index (χ1n) is 9.00. The minimum atomic E-state index is -0.301. The molecule has 1 unspecified atom stereocenters. The van der Waals surface area contributed by atoms with Crippen molar-refractivity contribution in [3.05, 3.63) is 101 Å². The number of ether oxygens (including phenoxy) is 1. The first-order valence-corrected chi connectivity index (χ1v) is 9.00. The molecule has 1 N–H and O–H groups in total. The summed E-state index contributed by atoms with van der Waals surface area (Å²) >= 11 is 0. The fourth-order valence-electron chi connectivity index (χ4n) is 3.78. The molecule has 2 aromatic carbocycles. The predicted octanol–water partition coefficient (Wildman–Crippen LogP) is 4.54. The van der Waals surface area contributed by atoms with Crippen LogP contribution in [-0.4, -0.2) is 18.7 Å². The number of nitrogens with one attached hydrogen (secondary N) is 1. The average molecular weight is 344 g/mol. The summed E-state index contributed by atoms with van der Waals surface area (Å²) in [4.78, 5) is 0. The molecule has 2 aliphatic rings. The Hall–Kier alpha value is -2.78. The number of hydrogen-bond acceptors (Lipinski definition) is 3. The standard InChI is InChI=1S/C23H24N2O/c1-18-9-11-19(12-10-18)20-15-22(26-2)17-23(16-20,25-14-6-13-24-25)21-7-4-3-5-8-21/h3-13,15,17,24H,14,16H2,1-2H3. The van der Waals surface area contributed by atoms with Gasteiger partial charge in [-0.2, -0.15) is 0 Å². The van der Waals surface area contributed by atoms with Gasteiger partial charge in [0.05, 0.1) is 12.6 Å². The van der Waals surface area contributed by atoms with Crippen LogP contribution in [0.1, 0.15) is 23.1 Å². The van der Waals surface area contributed by atoms with Crippen molar-refractivity contribution in [2.75, 3.05) is 13.7 Å². The molecule has 0 radical (unpaired) electrons. The molecule has 2 aromatic rings. The molecule has 132 valence electrons. The Bertz CT molecular complexity index is 857. The quantitative estimate of drug-likeness (QED) is 0.881. The largest absolute Gasteiger partial charge is 0.497 e. The minimum absolute atomic E-state index is 0.301. The molecule has 4 rings (SSSR count). The van der Waals surface area contributed by atoms with E-state index in [4.69, 9.17) is 4.74 Å². The maximum absolute atomic E-state index is 5.71. The van der Waals surface area contributed by atoms with E-state index in [1.54, 1.807) is 7.11 Å². The molecule has 26 heavy (non-hydrogen) atoms. The highest BCUT2D eigenvalue weighted by atomic mass is 16.5. The SMILES string of the molecule is COC1=CC(c2ccccc2)(N2CC=CN2)CC(c2ccc(C)cc2)=C1. The Morgan fingerprint density at radius 3 is 2.46 bits per heavy atom. The van der Waals surface area contributed by atoms with Gasteiger partial charge in [-0.15, -0.1) is 0 Å². The summed E-state index contributed by atoms with van der Waals surface area (Å²) in [6.07, 6.45) is 9.43. The number of rotatable bonds is 4. The van der Waals surface area contributed by atoms with Crippen molar-refractivity contribution in [1.82, 2.24) is 10.4 Å². The van der Waals surface area contributed by atoms with Gasteiger partial charge in [0, 0.05) is 19.2 Å². The summed E-state index contributed by atoms with van der Waals surface area (Å²) in [5.74, 6) is 0.893. The zero-order chi connectivity index (χ0) is 18.0. The van der Waals surface area contributed by atoms with E-state index in [1.165, 1.54) is 22.3 Å². The number of methoxy groups -OCH3 is 1. The fraction of sp³-hybridized carbons (Fsp3) is 0.217. The van der Waals surface area contributed by atoms with Crippen LogP contribution < -0.4 is 5.43 Å². The van der Waals surface area contributed by atoms with E-state index in [0.717, 1.165) is 18.7 Å². The number of aryl methyl sites for hydroxylation is 1. The molecule has 0 aromatic heterocycles. The van der Waals surface area contributed by atoms with Gasteiger partial charge in [-0.3, -0.25) is 0 Å². The van der Waals surface area contributed by atoms with E-state index in [1.807, 2.05) is 6.20 Å². The first-order chi connectivity index (χ1) is 12.7. The van der Waals surface area contributed by atoms with E-state index < -0.39 is 0 Å². The molecular weight excluding hydrogens is 320 g/mol. The van der Waals surface area contributed by atoms with Gasteiger partial charge in [-0.1, -0.05) is 66.2 Å². The molecule has 0 saturated heterocycles. The van der Waals surface area contributed by atoms with E-state index in [9.17, 15) is 0 Å². The molecular formula is C23H24N2O. The van der Waals surface area contributed by atoms with Crippen LogP contribution in [0.3, 0.4) is 0 Å². The van der Waals surface area contributed by atoms with Crippen molar-refractivity contribution >= 4 is 5.57 Å². The third kappa shape index (κ3) is 2.95. The van der Waals surface area contributed by atoms with E-state index in [2.05, 4.69) is 90.2 Å². The van der Waals surface area contributed by atoms with Crippen LogP contribution in [-0.2, 0) is 10.3 Å². The topological polar surface area (TPSA) is 24.5 Å². The summed E-state index contributed by atoms with van der Waals surface area (Å²) in [6.45, 7) is 2.97. The van der Waals surface area contributed by atoms with E-state index >= 15 is 0 Å². The molecule has 0 amide bonds. The van der Waals surface area contributed by atoms with Gasteiger partial charge in [-0.25, -0.2) is 5.01 Å². The smallest absolute Gasteiger partial charge is 0.117 e. The van der Waals surface area contributed by atoms with Gasteiger partial charge >= 0.3 is 0 Å². The summed E-state index contributed by atoms with van der Waals surface area (Å²) in [7, 11) is 1.74. The highest BCUT2D eigenvalue weighted by Gasteiger charge is 2.41. The lowest BCUT2D eigenvalue weighted by Crippen LogP contribution is -2.49. The van der Waals surface area contributed by atoms with Gasteiger partial charge in [0.15, 0.2) is 0 Å². The van der Waals surface area contributed by atoms with Gasteiger partial charge in [0.25, 0.3) is 0 Å². The van der Waals surface area contributed by atoms with Crippen molar-refractivity contribution in [3.63, 3.8) is 0 Å². The van der Waals surface area contributed by atoms with Crippen molar-refractivity contribution in [3.8, 4) is 0 Å². The highest BCUT2D eigenvalue weighted by molar-refractivity contribution is 5.71. The summed E-state index contributed by atoms with van der Waals surface area (Å²) < 4.78 is 5.71. The van der Waals surface area contributed by atoms with Crippen LogP contribution in [0, 0.1) is 6.92 Å². The monoisotopic (exact) mass is 344 g/mol. The van der Waals surface area contributed by atoms with Crippen molar-refractivity contribution < 1.29 is 4.74 Å². The van der Waals surface area contributed by atoms with Crippen LogP contribution >= 0.6 is 0 Å². The Morgan fingerprint density at radius 2 is 1.81 bits per heavy atom. The summed E-state index contributed by atoms with van der Waals surface area (Å²) in [5.41, 5.74) is 8.16. The molecule has 0 spiro atoms. The maximum Gasteiger partial charge on any atom is 0.117 e. The van der Waals surface area contributed by atoms with Crippen molar-refractivity contribution in [1.29, 1.82) is 0 Å². The number of hydrogen-bond donors (Lipinski definition) is 1. The fourth-order valence-corrected chi connectivity index (χ4v) is 3.78. The second kappa shape index (κ2) is 6.85. The number of benzene rings is 2. The van der Waals surface area contributed by atoms with E-state index in [0.29, 0.717) is 0 Å². The first kappa shape index (κ1) is 16.7. The third-order valence-electron chi connectivity index (χ3n) is 5.21. The zero-order valence-electron chi connectivity index (χ0n) is 15.3. The van der Waals surface area contributed by atoms with Crippen LogP contribution in [0.25, 0.3) is 5.57 Å².